The Morgan fingerprint density at radius 3 is 2.60 bits per heavy atom. The standard InChI is InChI=1S/C20H27N5O4S/c1-3-12-30(27,28)25(14-8-10-22-11-9-14)20-23-13-16(19(21)24-20)18(26)15-6-4-5-7-17(15)29-2/h4-7,13-14,22H,3,8-12H2,1-2H3,(H2,21,23,24). The van der Waals surface area contributed by atoms with E-state index in [0.717, 1.165) is 0 Å². The van der Waals surface area contributed by atoms with Crippen LogP contribution in [0.15, 0.2) is 30.5 Å². The second-order valence-corrected chi connectivity index (χ2v) is 9.06. The highest BCUT2D eigenvalue weighted by Crippen LogP contribution is 2.27. The summed E-state index contributed by atoms with van der Waals surface area (Å²) in [6.45, 7) is 3.23. The Labute approximate surface area is 176 Å². The molecule has 1 aliphatic rings. The van der Waals surface area contributed by atoms with E-state index in [2.05, 4.69) is 15.3 Å². The molecule has 30 heavy (non-hydrogen) atoms. The number of para-hydroxylation sites is 1. The number of benzene rings is 1. The van der Waals surface area contributed by atoms with E-state index in [9.17, 15) is 13.2 Å². The third-order valence-corrected chi connectivity index (χ3v) is 6.99. The van der Waals surface area contributed by atoms with Crippen molar-refractivity contribution in [2.24, 2.45) is 0 Å². The molecule has 0 aliphatic carbocycles. The third-order valence-electron chi connectivity index (χ3n) is 5.00. The zero-order valence-corrected chi connectivity index (χ0v) is 18.0. The largest absolute Gasteiger partial charge is 0.496 e. The first-order valence-corrected chi connectivity index (χ1v) is 11.5. The average molecular weight is 434 g/mol. The molecule has 0 saturated carbocycles. The number of nitrogen functional groups attached to an aromatic ring is 1. The molecule has 0 atom stereocenters. The Morgan fingerprint density at radius 1 is 1.27 bits per heavy atom. The van der Waals surface area contributed by atoms with Gasteiger partial charge in [0.1, 0.15) is 11.6 Å². The van der Waals surface area contributed by atoms with Gasteiger partial charge in [0.15, 0.2) is 0 Å². The zero-order chi connectivity index (χ0) is 21.7. The SMILES string of the molecule is CCCS(=O)(=O)N(c1ncc(C(=O)c2ccccc2OC)c(N)n1)C1CCNCC1. The minimum absolute atomic E-state index is 0.00410. The fourth-order valence-electron chi connectivity index (χ4n) is 3.56. The fraction of sp³-hybridized carbons (Fsp3) is 0.450. The average Bonchev–Trinajstić information content (AvgIpc) is 2.74. The van der Waals surface area contributed by atoms with Crippen LogP contribution in [-0.4, -0.2) is 56.2 Å². The molecule has 162 valence electrons. The van der Waals surface area contributed by atoms with Gasteiger partial charge in [-0.1, -0.05) is 19.1 Å². The monoisotopic (exact) mass is 433 g/mol. The van der Waals surface area contributed by atoms with Crippen molar-refractivity contribution in [2.75, 3.05) is 36.0 Å². The number of piperidine rings is 1. The highest BCUT2D eigenvalue weighted by molar-refractivity contribution is 7.92. The number of sulfonamides is 1. The number of hydrogen-bond donors (Lipinski definition) is 2. The molecule has 1 aliphatic heterocycles. The molecule has 2 aromatic rings. The van der Waals surface area contributed by atoms with E-state index in [0.29, 0.717) is 43.7 Å². The fourth-order valence-corrected chi connectivity index (χ4v) is 5.27. The van der Waals surface area contributed by atoms with E-state index in [1.807, 2.05) is 6.92 Å². The van der Waals surface area contributed by atoms with Crippen molar-refractivity contribution in [1.29, 1.82) is 0 Å². The first-order chi connectivity index (χ1) is 14.4. The van der Waals surface area contributed by atoms with Gasteiger partial charge in [0, 0.05) is 6.20 Å². The predicted molar refractivity (Wildman–Crippen MR) is 115 cm³/mol. The molecular weight excluding hydrogens is 406 g/mol. The van der Waals surface area contributed by atoms with Gasteiger partial charge in [-0.05, 0) is 44.5 Å². The number of nitrogens with one attached hydrogen (secondary N) is 1. The lowest BCUT2D eigenvalue weighted by Crippen LogP contribution is -2.48. The van der Waals surface area contributed by atoms with Crippen LogP contribution >= 0.6 is 0 Å². The van der Waals surface area contributed by atoms with Crippen LogP contribution in [0.5, 0.6) is 5.75 Å². The van der Waals surface area contributed by atoms with E-state index < -0.39 is 10.0 Å². The number of rotatable bonds is 8. The van der Waals surface area contributed by atoms with E-state index in [1.165, 1.54) is 17.6 Å². The first kappa shape index (κ1) is 22.0. The first-order valence-electron chi connectivity index (χ1n) is 9.92. The maximum absolute atomic E-state index is 13.0. The summed E-state index contributed by atoms with van der Waals surface area (Å²) in [6.07, 6.45) is 3.06. The molecule has 0 amide bonds. The molecular formula is C20H27N5O4S. The van der Waals surface area contributed by atoms with Crippen LogP contribution in [0.4, 0.5) is 11.8 Å². The summed E-state index contributed by atoms with van der Waals surface area (Å²) in [6, 6.07) is 6.53. The van der Waals surface area contributed by atoms with Crippen LogP contribution in [0.25, 0.3) is 0 Å². The van der Waals surface area contributed by atoms with Gasteiger partial charge in [-0.15, -0.1) is 0 Å². The van der Waals surface area contributed by atoms with E-state index in [4.69, 9.17) is 10.5 Å². The number of carbonyl (C=O) groups is 1. The van der Waals surface area contributed by atoms with Crippen LogP contribution in [0.2, 0.25) is 0 Å². The summed E-state index contributed by atoms with van der Waals surface area (Å²) in [5.41, 5.74) is 6.52. The Hall–Kier alpha value is -2.72. The third kappa shape index (κ3) is 4.54. The summed E-state index contributed by atoms with van der Waals surface area (Å²) in [5.74, 6) is -0.0534. The summed E-state index contributed by atoms with van der Waals surface area (Å²) >= 11 is 0. The van der Waals surface area contributed by atoms with Crippen molar-refractivity contribution in [1.82, 2.24) is 15.3 Å². The van der Waals surface area contributed by atoms with Crippen molar-refractivity contribution in [3.05, 3.63) is 41.6 Å². The van der Waals surface area contributed by atoms with Gasteiger partial charge in [0.25, 0.3) is 0 Å². The summed E-state index contributed by atoms with van der Waals surface area (Å²) in [7, 11) is -2.14. The molecule has 2 heterocycles. The second kappa shape index (κ2) is 9.40. The molecule has 1 fully saturated rings. The predicted octanol–water partition coefficient (Wildman–Crippen LogP) is 1.60. The maximum atomic E-state index is 13.0. The highest BCUT2D eigenvalue weighted by Gasteiger charge is 2.33. The van der Waals surface area contributed by atoms with Gasteiger partial charge in [0.2, 0.25) is 21.8 Å². The number of hydrogen-bond acceptors (Lipinski definition) is 8. The molecule has 0 radical (unpaired) electrons. The number of aromatic nitrogens is 2. The molecule has 3 rings (SSSR count). The van der Waals surface area contributed by atoms with E-state index in [-0.39, 0.29) is 34.9 Å². The van der Waals surface area contributed by atoms with Gasteiger partial charge < -0.3 is 15.8 Å². The van der Waals surface area contributed by atoms with E-state index in [1.54, 1.807) is 24.3 Å². The summed E-state index contributed by atoms with van der Waals surface area (Å²) in [5, 5.41) is 3.23. The van der Waals surface area contributed by atoms with Crippen LogP contribution in [0.1, 0.15) is 42.1 Å². The van der Waals surface area contributed by atoms with Crippen molar-refractivity contribution in [2.45, 2.75) is 32.2 Å². The Morgan fingerprint density at radius 2 is 1.97 bits per heavy atom. The second-order valence-electron chi connectivity index (χ2n) is 7.09. The number of anilines is 2. The van der Waals surface area contributed by atoms with Crippen LogP contribution in [-0.2, 0) is 10.0 Å². The zero-order valence-electron chi connectivity index (χ0n) is 17.2. The summed E-state index contributed by atoms with van der Waals surface area (Å²) < 4.78 is 32.5. The van der Waals surface area contributed by atoms with Crippen molar-refractivity contribution >= 4 is 27.6 Å². The number of ether oxygens (including phenoxy) is 1. The molecule has 9 nitrogen and oxygen atoms in total. The molecule has 3 N–H and O–H groups in total. The minimum atomic E-state index is -3.62. The molecule has 0 unspecified atom stereocenters. The molecule has 1 aromatic heterocycles. The lowest BCUT2D eigenvalue weighted by atomic mass is 10.0. The number of nitrogens with two attached hydrogens (primary N) is 1. The normalized spacial score (nSPS) is 15.0. The topological polar surface area (TPSA) is 128 Å². The Kier molecular flexibility index (Phi) is 6.88. The molecule has 1 aromatic carbocycles. The maximum Gasteiger partial charge on any atom is 0.241 e. The van der Waals surface area contributed by atoms with Crippen LogP contribution in [0, 0.1) is 0 Å². The molecule has 0 spiro atoms. The number of carbonyl (C=O) groups excluding carboxylic acids is 1. The number of nitrogens with zero attached hydrogens (tertiary/aromatic N) is 3. The lowest BCUT2D eigenvalue weighted by Gasteiger charge is -2.33. The van der Waals surface area contributed by atoms with Crippen molar-refractivity contribution < 1.29 is 17.9 Å². The van der Waals surface area contributed by atoms with Crippen molar-refractivity contribution in [3.63, 3.8) is 0 Å². The Balaban J connectivity index is 1.99. The number of methoxy groups -OCH3 is 1. The summed E-state index contributed by atoms with van der Waals surface area (Å²) in [4.78, 5) is 21.4. The molecule has 0 bridgehead atoms. The Bertz CT molecular complexity index is 1010. The molecule has 1 saturated heterocycles. The van der Waals surface area contributed by atoms with Gasteiger partial charge in [0.05, 0.1) is 30.0 Å². The van der Waals surface area contributed by atoms with Crippen LogP contribution < -0.4 is 20.1 Å². The smallest absolute Gasteiger partial charge is 0.241 e. The van der Waals surface area contributed by atoms with Crippen molar-refractivity contribution in [3.8, 4) is 5.75 Å². The van der Waals surface area contributed by atoms with Gasteiger partial charge in [-0.25, -0.2) is 17.7 Å². The molecule has 10 heteroatoms. The minimum Gasteiger partial charge on any atom is -0.496 e. The number of ketones is 1. The van der Waals surface area contributed by atoms with E-state index >= 15 is 0 Å². The van der Waals surface area contributed by atoms with Gasteiger partial charge >= 0.3 is 0 Å². The highest BCUT2D eigenvalue weighted by atomic mass is 32.2. The van der Waals surface area contributed by atoms with Crippen LogP contribution in [0.3, 0.4) is 0 Å². The van der Waals surface area contributed by atoms with Gasteiger partial charge in [-0.2, -0.15) is 4.98 Å². The van der Waals surface area contributed by atoms with Gasteiger partial charge in [-0.3, -0.25) is 4.79 Å². The quantitative estimate of drug-likeness (QED) is 0.601. The lowest BCUT2D eigenvalue weighted by molar-refractivity contribution is 0.103.